The standard InChI is InChI=1S/C21H23F2N3O4/c1-30-16-7-4-14(5-8-16)12-25-20(28)13-26-19(27)3-2-10-24-21(29)17-9-6-15(22)11-18(17)23/h4-9,11H,2-3,10,12-13H2,1H3,(H,24,29)(H,25,28)(H,26,27). The molecule has 3 N–H and O–H groups in total. The van der Waals surface area contributed by atoms with Gasteiger partial charge in [0.25, 0.3) is 5.91 Å². The number of amides is 3. The van der Waals surface area contributed by atoms with Crippen LogP contribution in [-0.2, 0) is 16.1 Å². The Morgan fingerprint density at radius 1 is 0.933 bits per heavy atom. The van der Waals surface area contributed by atoms with E-state index in [1.807, 2.05) is 12.1 Å². The number of halogens is 2. The highest BCUT2D eigenvalue weighted by atomic mass is 19.1. The fraction of sp³-hybridized carbons (Fsp3) is 0.286. The molecule has 0 unspecified atom stereocenters. The van der Waals surface area contributed by atoms with E-state index in [-0.39, 0.29) is 36.9 Å². The Labute approximate surface area is 172 Å². The SMILES string of the molecule is COc1ccc(CNC(=O)CNC(=O)CCCNC(=O)c2ccc(F)cc2F)cc1. The first-order chi connectivity index (χ1) is 14.4. The van der Waals surface area contributed by atoms with E-state index in [1.165, 1.54) is 0 Å². The van der Waals surface area contributed by atoms with Gasteiger partial charge in [0.15, 0.2) is 0 Å². The maximum absolute atomic E-state index is 13.5. The number of ether oxygens (including phenoxy) is 1. The highest BCUT2D eigenvalue weighted by Gasteiger charge is 2.12. The molecular weight excluding hydrogens is 396 g/mol. The van der Waals surface area contributed by atoms with Crippen LogP contribution in [0.5, 0.6) is 5.75 Å². The molecule has 0 aromatic heterocycles. The first kappa shape index (κ1) is 22.8. The fourth-order valence-corrected chi connectivity index (χ4v) is 2.49. The molecule has 0 aliphatic rings. The van der Waals surface area contributed by atoms with E-state index >= 15 is 0 Å². The summed E-state index contributed by atoms with van der Waals surface area (Å²) in [6.07, 6.45) is 0.381. The van der Waals surface area contributed by atoms with Crippen molar-refractivity contribution in [1.82, 2.24) is 16.0 Å². The molecule has 0 radical (unpaired) electrons. The van der Waals surface area contributed by atoms with Crippen LogP contribution in [-0.4, -0.2) is 37.9 Å². The van der Waals surface area contributed by atoms with Crippen molar-refractivity contribution >= 4 is 17.7 Å². The molecule has 0 fully saturated rings. The van der Waals surface area contributed by atoms with Crippen LogP contribution in [0.1, 0.15) is 28.8 Å². The van der Waals surface area contributed by atoms with E-state index in [4.69, 9.17) is 4.74 Å². The number of hydrogen-bond acceptors (Lipinski definition) is 4. The van der Waals surface area contributed by atoms with Crippen LogP contribution in [0.3, 0.4) is 0 Å². The zero-order valence-corrected chi connectivity index (χ0v) is 16.5. The molecule has 0 heterocycles. The summed E-state index contributed by atoms with van der Waals surface area (Å²) in [5, 5.41) is 7.63. The van der Waals surface area contributed by atoms with Gasteiger partial charge in [-0.1, -0.05) is 12.1 Å². The Bertz CT molecular complexity index is 888. The van der Waals surface area contributed by atoms with Gasteiger partial charge in [-0.3, -0.25) is 14.4 Å². The van der Waals surface area contributed by atoms with E-state index in [1.54, 1.807) is 19.2 Å². The fourth-order valence-electron chi connectivity index (χ4n) is 2.49. The highest BCUT2D eigenvalue weighted by Crippen LogP contribution is 2.11. The van der Waals surface area contributed by atoms with Crippen molar-refractivity contribution < 1.29 is 27.9 Å². The summed E-state index contributed by atoms with van der Waals surface area (Å²) in [5.74, 6) is -2.38. The summed E-state index contributed by atoms with van der Waals surface area (Å²) in [6.45, 7) is 0.291. The lowest BCUT2D eigenvalue weighted by Gasteiger charge is -2.08. The van der Waals surface area contributed by atoms with Gasteiger partial charge in [-0.05, 0) is 36.2 Å². The minimum Gasteiger partial charge on any atom is -0.497 e. The molecule has 2 aromatic rings. The van der Waals surface area contributed by atoms with Crippen LogP contribution in [0.15, 0.2) is 42.5 Å². The summed E-state index contributed by atoms with van der Waals surface area (Å²) in [6, 6.07) is 9.89. The van der Waals surface area contributed by atoms with Crippen molar-refractivity contribution in [3.05, 3.63) is 65.2 Å². The zero-order chi connectivity index (χ0) is 21.9. The summed E-state index contributed by atoms with van der Waals surface area (Å²) >= 11 is 0. The molecular formula is C21H23F2N3O4. The Morgan fingerprint density at radius 3 is 2.33 bits per heavy atom. The minimum atomic E-state index is -0.953. The molecule has 0 bridgehead atoms. The molecule has 2 rings (SSSR count). The quantitative estimate of drug-likeness (QED) is 0.513. The van der Waals surface area contributed by atoms with Gasteiger partial charge in [0.05, 0.1) is 19.2 Å². The van der Waals surface area contributed by atoms with Crippen molar-refractivity contribution in [3.63, 3.8) is 0 Å². The predicted molar refractivity (Wildman–Crippen MR) is 106 cm³/mol. The minimum absolute atomic E-state index is 0.0813. The number of nitrogens with one attached hydrogen (secondary N) is 3. The second-order valence-corrected chi connectivity index (χ2v) is 6.39. The van der Waals surface area contributed by atoms with E-state index < -0.39 is 17.5 Å². The zero-order valence-electron chi connectivity index (χ0n) is 16.5. The van der Waals surface area contributed by atoms with Crippen molar-refractivity contribution in [2.24, 2.45) is 0 Å². The molecule has 30 heavy (non-hydrogen) atoms. The van der Waals surface area contributed by atoms with Gasteiger partial charge < -0.3 is 20.7 Å². The van der Waals surface area contributed by atoms with Gasteiger partial charge in [0, 0.05) is 25.6 Å². The van der Waals surface area contributed by atoms with E-state index in [0.717, 1.165) is 23.4 Å². The molecule has 7 nitrogen and oxygen atoms in total. The lowest BCUT2D eigenvalue weighted by molar-refractivity contribution is -0.126. The van der Waals surface area contributed by atoms with Crippen LogP contribution in [0, 0.1) is 11.6 Å². The van der Waals surface area contributed by atoms with E-state index in [2.05, 4.69) is 16.0 Å². The first-order valence-corrected chi connectivity index (χ1v) is 9.28. The second-order valence-electron chi connectivity index (χ2n) is 6.39. The maximum atomic E-state index is 13.5. The van der Waals surface area contributed by atoms with Gasteiger partial charge in [-0.2, -0.15) is 0 Å². The van der Waals surface area contributed by atoms with Gasteiger partial charge in [0.1, 0.15) is 17.4 Å². The Hall–Kier alpha value is -3.49. The van der Waals surface area contributed by atoms with Crippen LogP contribution >= 0.6 is 0 Å². The van der Waals surface area contributed by atoms with Crippen molar-refractivity contribution in [2.75, 3.05) is 20.2 Å². The summed E-state index contributed by atoms with van der Waals surface area (Å²) in [4.78, 5) is 35.4. The summed E-state index contributed by atoms with van der Waals surface area (Å²) < 4.78 is 31.4. The number of carbonyl (C=O) groups excluding carboxylic acids is 3. The number of hydrogen-bond donors (Lipinski definition) is 3. The monoisotopic (exact) mass is 419 g/mol. The molecule has 0 saturated heterocycles. The largest absolute Gasteiger partial charge is 0.497 e. The smallest absolute Gasteiger partial charge is 0.254 e. The Kier molecular flexibility index (Phi) is 8.74. The van der Waals surface area contributed by atoms with Crippen LogP contribution in [0.4, 0.5) is 8.78 Å². The summed E-state index contributed by atoms with van der Waals surface area (Å²) in [5.41, 5.74) is 0.623. The average molecular weight is 419 g/mol. The van der Waals surface area contributed by atoms with Gasteiger partial charge >= 0.3 is 0 Å². The molecule has 2 aromatic carbocycles. The molecule has 0 aliphatic carbocycles. The topological polar surface area (TPSA) is 96.5 Å². The van der Waals surface area contributed by atoms with Crippen LogP contribution in [0.2, 0.25) is 0 Å². The number of carbonyl (C=O) groups is 3. The average Bonchev–Trinajstić information content (AvgIpc) is 2.74. The van der Waals surface area contributed by atoms with Crippen molar-refractivity contribution in [3.8, 4) is 5.75 Å². The van der Waals surface area contributed by atoms with Gasteiger partial charge in [0.2, 0.25) is 11.8 Å². The summed E-state index contributed by atoms with van der Waals surface area (Å²) in [7, 11) is 1.57. The van der Waals surface area contributed by atoms with Gasteiger partial charge in [-0.25, -0.2) is 8.78 Å². The highest BCUT2D eigenvalue weighted by molar-refractivity contribution is 5.94. The third kappa shape index (κ3) is 7.50. The maximum Gasteiger partial charge on any atom is 0.254 e. The third-order valence-corrected chi connectivity index (χ3v) is 4.14. The molecule has 0 aliphatic heterocycles. The van der Waals surface area contributed by atoms with Crippen LogP contribution in [0.25, 0.3) is 0 Å². The number of rotatable bonds is 10. The van der Waals surface area contributed by atoms with Crippen molar-refractivity contribution in [2.45, 2.75) is 19.4 Å². The predicted octanol–water partition coefficient (Wildman–Crippen LogP) is 1.92. The number of methoxy groups -OCH3 is 1. The number of benzene rings is 2. The Balaban J connectivity index is 1.60. The lowest BCUT2D eigenvalue weighted by Crippen LogP contribution is -2.36. The molecule has 9 heteroatoms. The molecule has 0 atom stereocenters. The Morgan fingerprint density at radius 2 is 1.67 bits per heavy atom. The molecule has 0 spiro atoms. The molecule has 160 valence electrons. The second kappa shape index (κ2) is 11.5. The first-order valence-electron chi connectivity index (χ1n) is 9.28. The molecule has 3 amide bonds. The van der Waals surface area contributed by atoms with Gasteiger partial charge in [-0.15, -0.1) is 0 Å². The van der Waals surface area contributed by atoms with E-state index in [0.29, 0.717) is 19.0 Å². The third-order valence-electron chi connectivity index (χ3n) is 4.14. The normalized spacial score (nSPS) is 10.2. The van der Waals surface area contributed by atoms with Crippen molar-refractivity contribution in [1.29, 1.82) is 0 Å². The van der Waals surface area contributed by atoms with Crippen LogP contribution < -0.4 is 20.7 Å². The lowest BCUT2D eigenvalue weighted by atomic mass is 10.2. The van der Waals surface area contributed by atoms with E-state index in [9.17, 15) is 23.2 Å². The molecule has 0 saturated carbocycles.